The van der Waals surface area contributed by atoms with Gasteiger partial charge in [0.1, 0.15) is 0 Å². The Labute approximate surface area is 96.6 Å². The third-order valence-corrected chi connectivity index (χ3v) is 3.94. The maximum atomic E-state index is 6.20. The molecule has 0 aliphatic heterocycles. The molecule has 2 N–H and O–H groups in total. The quantitative estimate of drug-likeness (QED) is 0.714. The van der Waals surface area contributed by atoms with E-state index >= 15 is 0 Å². The molecule has 0 saturated carbocycles. The minimum atomic E-state index is 0.146. The van der Waals surface area contributed by atoms with Crippen LogP contribution in [0.3, 0.4) is 0 Å². The van der Waals surface area contributed by atoms with Crippen molar-refractivity contribution < 1.29 is 0 Å². The number of rotatable bonds is 0. The van der Waals surface area contributed by atoms with E-state index in [4.69, 9.17) is 17.3 Å². The molecule has 0 spiro atoms. The molecule has 1 unspecified atom stereocenters. The SMILES string of the molecule is Cc1cc(Cl)c(C)c2c1C(C)(C)CC2N. The zero-order valence-electron chi connectivity index (χ0n) is 9.82. The highest BCUT2D eigenvalue weighted by Gasteiger charge is 2.37. The summed E-state index contributed by atoms with van der Waals surface area (Å²) in [6, 6.07) is 2.21. The summed E-state index contributed by atoms with van der Waals surface area (Å²) in [4.78, 5) is 0. The van der Waals surface area contributed by atoms with E-state index in [0.717, 1.165) is 17.0 Å². The topological polar surface area (TPSA) is 26.0 Å². The van der Waals surface area contributed by atoms with Crippen molar-refractivity contribution in [3.05, 3.63) is 33.3 Å². The van der Waals surface area contributed by atoms with Crippen molar-refractivity contribution in [3.8, 4) is 0 Å². The van der Waals surface area contributed by atoms with Crippen LogP contribution in [-0.4, -0.2) is 0 Å². The van der Waals surface area contributed by atoms with Gasteiger partial charge in [-0.15, -0.1) is 0 Å². The second-order valence-corrected chi connectivity index (χ2v) is 5.69. The summed E-state index contributed by atoms with van der Waals surface area (Å²) < 4.78 is 0. The Kier molecular flexibility index (Phi) is 2.36. The van der Waals surface area contributed by atoms with Crippen molar-refractivity contribution >= 4 is 11.6 Å². The summed E-state index contributed by atoms with van der Waals surface area (Å²) >= 11 is 6.20. The molecule has 0 bridgehead atoms. The number of fused-ring (bicyclic) bond motifs is 1. The summed E-state index contributed by atoms with van der Waals surface area (Å²) in [5.41, 5.74) is 11.5. The van der Waals surface area contributed by atoms with Crippen molar-refractivity contribution in [1.82, 2.24) is 0 Å². The Morgan fingerprint density at radius 2 is 2.00 bits per heavy atom. The average Bonchev–Trinajstić information content (AvgIpc) is 2.32. The molecular weight excluding hydrogens is 206 g/mol. The van der Waals surface area contributed by atoms with E-state index in [0.29, 0.717) is 0 Å². The van der Waals surface area contributed by atoms with E-state index in [-0.39, 0.29) is 11.5 Å². The van der Waals surface area contributed by atoms with E-state index in [2.05, 4.69) is 33.8 Å². The van der Waals surface area contributed by atoms with Gasteiger partial charge in [0.25, 0.3) is 0 Å². The minimum Gasteiger partial charge on any atom is -0.324 e. The van der Waals surface area contributed by atoms with Gasteiger partial charge in [0.15, 0.2) is 0 Å². The lowest BCUT2D eigenvalue weighted by molar-refractivity contribution is 0.480. The van der Waals surface area contributed by atoms with Crippen molar-refractivity contribution in [2.75, 3.05) is 0 Å². The number of benzene rings is 1. The fourth-order valence-electron chi connectivity index (χ4n) is 3.01. The first-order valence-corrected chi connectivity index (χ1v) is 5.78. The maximum absolute atomic E-state index is 6.20. The minimum absolute atomic E-state index is 0.146. The molecule has 82 valence electrons. The lowest BCUT2D eigenvalue weighted by atomic mass is 9.83. The van der Waals surface area contributed by atoms with E-state index in [1.54, 1.807) is 0 Å². The van der Waals surface area contributed by atoms with Gasteiger partial charge in [0.05, 0.1) is 0 Å². The van der Waals surface area contributed by atoms with Crippen molar-refractivity contribution in [2.24, 2.45) is 5.73 Å². The Hall–Kier alpha value is -0.530. The Morgan fingerprint density at radius 1 is 1.40 bits per heavy atom. The lowest BCUT2D eigenvalue weighted by Gasteiger charge is -2.22. The highest BCUT2D eigenvalue weighted by Crippen LogP contribution is 2.47. The Bertz CT molecular complexity index is 421. The van der Waals surface area contributed by atoms with Crippen LogP contribution >= 0.6 is 11.6 Å². The standard InChI is InChI=1S/C13H18ClN/c1-7-5-9(14)8(2)11-10(15)6-13(3,4)12(7)11/h5,10H,6,15H2,1-4H3. The van der Waals surface area contributed by atoms with E-state index in [1.165, 1.54) is 16.7 Å². The van der Waals surface area contributed by atoms with Gasteiger partial charge in [0.2, 0.25) is 0 Å². The normalized spacial score (nSPS) is 22.9. The molecule has 1 aliphatic carbocycles. The molecule has 0 radical (unpaired) electrons. The number of hydrogen-bond donors (Lipinski definition) is 1. The van der Waals surface area contributed by atoms with Crippen LogP contribution in [0.5, 0.6) is 0 Å². The summed E-state index contributed by atoms with van der Waals surface area (Å²) in [5.74, 6) is 0. The van der Waals surface area contributed by atoms with Crippen LogP contribution in [0.4, 0.5) is 0 Å². The number of nitrogens with two attached hydrogens (primary N) is 1. The van der Waals surface area contributed by atoms with E-state index < -0.39 is 0 Å². The van der Waals surface area contributed by atoms with Gasteiger partial charge in [-0.2, -0.15) is 0 Å². The van der Waals surface area contributed by atoms with Crippen LogP contribution in [0.15, 0.2) is 6.07 Å². The average molecular weight is 224 g/mol. The van der Waals surface area contributed by atoms with Crippen molar-refractivity contribution in [2.45, 2.75) is 45.6 Å². The van der Waals surface area contributed by atoms with Gasteiger partial charge >= 0.3 is 0 Å². The summed E-state index contributed by atoms with van der Waals surface area (Å²) in [7, 11) is 0. The molecule has 0 fully saturated rings. The van der Waals surface area contributed by atoms with Gasteiger partial charge in [0, 0.05) is 11.1 Å². The van der Waals surface area contributed by atoms with E-state index in [9.17, 15) is 0 Å². The smallest absolute Gasteiger partial charge is 0.0441 e. The number of halogens is 1. The predicted octanol–water partition coefficient (Wildman–Crippen LogP) is 3.64. The molecule has 1 nitrogen and oxygen atoms in total. The largest absolute Gasteiger partial charge is 0.324 e. The van der Waals surface area contributed by atoms with Gasteiger partial charge in [-0.1, -0.05) is 25.4 Å². The molecule has 0 amide bonds. The summed E-state index contributed by atoms with van der Waals surface area (Å²) in [5, 5.41) is 0.847. The van der Waals surface area contributed by atoms with Crippen LogP contribution in [0.25, 0.3) is 0 Å². The van der Waals surface area contributed by atoms with Gasteiger partial charge < -0.3 is 5.73 Å². The molecular formula is C13H18ClN. The van der Waals surface area contributed by atoms with Crippen LogP contribution in [0, 0.1) is 13.8 Å². The highest BCUT2D eigenvalue weighted by molar-refractivity contribution is 6.31. The lowest BCUT2D eigenvalue weighted by Crippen LogP contribution is -2.15. The molecule has 1 aromatic rings. The molecule has 15 heavy (non-hydrogen) atoms. The molecule has 1 aliphatic rings. The first-order chi connectivity index (χ1) is 6.84. The van der Waals surface area contributed by atoms with E-state index in [1.807, 2.05) is 0 Å². The fraction of sp³-hybridized carbons (Fsp3) is 0.538. The molecule has 0 saturated heterocycles. The second-order valence-electron chi connectivity index (χ2n) is 5.28. The summed E-state index contributed by atoms with van der Waals surface area (Å²) in [6.07, 6.45) is 1.02. The highest BCUT2D eigenvalue weighted by atomic mass is 35.5. The molecule has 0 heterocycles. The van der Waals surface area contributed by atoms with Gasteiger partial charge in [-0.05, 0) is 54.0 Å². The molecule has 2 heteroatoms. The molecule has 2 rings (SSSR count). The molecule has 0 aromatic heterocycles. The van der Waals surface area contributed by atoms with Crippen LogP contribution in [0.1, 0.15) is 48.6 Å². The Morgan fingerprint density at radius 3 is 2.60 bits per heavy atom. The zero-order valence-corrected chi connectivity index (χ0v) is 10.6. The third-order valence-electron chi connectivity index (χ3n) is 3.55. The monoisotopic (exact) mass is 223 g/mol. The summed E-state index contributed by atoms with van der Waals surface area (Å²) in [6.45, 7) is 8.73. The van der Waals surface area contributed by atoms with Crippen molar-refractivity contribution in [3.63, 3.8) is 0 Å². The molecule has 1 aromatic carbocycles. The predicted molar refractivity (Wildman–Crippen MR) is 65.5 cm³/mol. The Balaban J connectivity index is 2.78. The van der Waals surface area contributed by atoms with Gasteiger partial charge in [-0.3, -0.25) is 0 Å². The van der Waals surface area contributed by atoms with Crippen LogP contribution in [0.2, 0.25) is 5.02 Å². The third kappa shape index (κ3) is 1.49. The van der Waals surface area contributed by atoms with Crippen LogP contribution in [-0.2, 0) is 5.41 Å². The number of aryl methyl sites for hydroxylation is 1. The first kappa shape index (κ1) is 11.0. The van der Waals surface area contributed by atoms with Crippen LogP contribution < -0.4 is 5.73 Å². The molecule has 1 atom stereocenters. The second kappa shape index (κ2) is 3.23. The first-order valence-electron chi connectivity index (χ1n) is 5.40. The van der Waals surface area contributed by atoms with Gasteiger partial charge in [-0.25, -0.2) is 0 Å². The zero-order chi connectivity index (χ0) is 11.4. The fourth-order valence-corrected chi connectivity index (χ4v) is 3.28. The van der Waals surface area contributed by atoms with Crippen molar-refractivity contribution in [1.29, 1.82) is 0 Å². The number of hydrogen-bond acceptors (Lipinski definition) is 1. The maximum Gasteiger partial charge on any atom is 0.0441 e.